The van der Waals surface area contributed by atoms with Crippen molar-refractivity contribution in [3.05, 3.63) is 71.4 Å². The first-order valence-electron chi connectivity index (χ1n) is 10.7. The van der Waals surface area contributed by atoms with Crippen LogP contribution in [0.3, 0.4) is 0 Å². The van der Waals surface area contributed by atoms with Gasteiger partial charge in [0, 0.05) is 17.1 Å². The molecular weight excluding hydrogens is 406 g/mol. The van der Waals surface area contributed by atoms with Crippen LogP contribution in [0.2, 0.25) is 0 Å². The second-order valence-electron chi connectivity index (χ2n) is 7.95. The van der Waals surface area contributed by atoms with Gasteiger partial charge in [0.25, 0.3) is 11.8 Å². The maximum atomic E-state index is 12.7. The van der Waals surface area contributed by atoms with E-state index in [1.165, 1.54) is 0 Å². The number of anilines is 1. The van der Waals surface area contributed by atoms with Gasteiger partial charge in [-0.1, -0.05) is 43.2 Å². The molecule has 7 nitrogen and oxygen atoms in total. The average molecular weight is 431 g/mol. The highest BCUT2D eigenvalue weighted by Gasteiger charge is 2.21. The summed E-state index contributed by atoms with van der Waals surface area (Å²) >= 11 is 0. The predicted octanol–water partition coefficient (Wildman–Crippen LogP) is 4.01. The molecule has 2 aromatic carbocycles. The summed E-state index contributed by atoms with van der Waals surface area (Å²) in [6.45, 7) is 1.33. The van der Waals surface area contributed by atoms with Gasteiger partial charge in [-0.2, -0.15) is 0 Å². The summed E-state index contributed by atoms with van der Waals surface area (Å²) in [5.74, 6) is -1.34. The second-order valence-corrected chi connectivity index (χ2v) is 7.95. The lowest BCUT2D eigenvalue weighted by atomic mass is 10.1. The molecule has 2 amide bonds. The van der Waals surface area contributed by atoms with Gasteiger partial charge in [0.05, 0.1) is 22.3 Å². The number of fused-ring (bicyclic) bond motifs is 1. The molecule has 4 rings (SSSR count). The molecule has 164 valence electrons. The Bertz CT molecular complexity index is 1170. The number of nitrogens with one attached hydrogen (secondary N) is 2. The normalized spacial score (nSPS) is 13.7. The molecule has 3 aromatic rings. The van der Waals surface area contributed by atoms with Crippen LogP contribution in [-0.2, 0) is 9.53 Å². The molecule has 1 heterocycles. The van der Waals surface area contributed by atoms with Gasteiger partial charge in [0.1, 0.15) is 0 Å². The molecule has 1 fully saturated rings. The molecule has 1 aliphatic rings. The number of hydrogen-bond donors (Lipinski definition) is 2. The van der Waals surface area contributed by atoms with E-state index >= 15 is 0 Å². The SMILES string of the molecule is Cc1cc(C(=O)OCC(=O)Nc2ccccc2C(=O)NC2CCCC2)c2ccccc2n1. The number of amides is 2. The smallest absolute Gasteiger partial charge is 0.339 e. The number of para-hydroxylation sites is 2. The molecule has 1 aromatic heterocycles. The fourth-order valence-electron chi connectivity index (χ4n) is 4.00. The first-order valence-corrected chi connectivity index (χ1v) is 10.7. The van der Waals surface area contributed by atoms with Crippen molar-refractivity contribution in [2.45, 2.75) is 38.6 Å². The van der Waals surface area contributed by atoms with Crippen LogP contribution in [0.5, 0.6) is 0 Å². The highest BCUT2D eigenvalue weighted by Crippen LogP contribution is 2.21. The molecule has 2 N–H and O–H groups in total. The third-order valence-electron chi connectivity index (χ3n) is 5.53. The van der Waals surface area contributed by atoms with Gasteiger partial charge in [-0.25, -0.2) is 4.79 Å². The molecule has 1 aliphatic carbocycles. The Labute approximate surface area is 186 Å². The molecule has 0 radical (unpaired) electrons. The van der Waals surface area contributed by atoms with E-state index in [1.54, 1.807) is 43.3 Å². The summed E-state index contributed by atoms with van der Waals surface area (Å²) in [6, 6.07) is 15.9. The first-order chi connectivity index (χ1) is 15.5. The Hall–Kier alpha value is -3.74. The Balaban J connectivity index is 1.41. The number of carbonyl (C=O) groups excluding carboxylic acids is 3. The van der Waals surface area contributed by atoms with Gasteiger partial charge < -0.3 is 15.4 Å². The van der Waals surface area contributed by atoms with Crippen molar-refractivity contribution in [3.8, 4) is 0 Å². The topological polar surface area (TPSA) is 97.4 Å². The molecule has 0 bridgehead atoms. The lowest BCUT2D eigenvalue weighted by Gasteiger charge is -2.15. The van der Waals surface area contributed by atoms with Gasteiger partial charge in [-0.05, 0) is 44.0 Å². The lowest BCUT2D eigenvalue weighted by molar-refractivity contribution is -0.119. The number of esters is 1. The number of pyridine rings is 1. The number of hydrogen-bond acceptors (Lipinski definition) is 5. The number of benzene rings is 2. The van der Waals surface area contributed by atoms with E-state index < -0.39 is 18.5 Å². The quantitative estimate of drug-likeness (QED) is 0.575. The van der Waals surface area contributed by atoms with Crippen molar-refractivity contribution in [2.75, 3.05) is 11.9 Å². The van der Waals surface area contributed by atoms with Crippen molar-refractivity contribution < 1.29 is 19.1 Å². The maximum Gasteiger partial charge on any atom is 0.339 e. The van der Waals surface area contributed by atoms with Gasteiger partial charge in [-0.3, -0.25) is 14.6 Å². The zero-order valence-electron chi connectivity index (χ0n) is 17.9. The second kappa shape index (κ2) is 9.60. The Morgan fingerprint density at radius 2 is 1.72 bits per heavy atom. The molecule has 32 heavy (non-hydrogen) atoms. The summed E-state index contributed by atoms with van der Waals surface area (Å²) in [4.78, 5) is 42.2. The minimum Gasteiger partial charge on any atom is -0.452 e. The molecule has 1 saturated carbocycles. The molecule has 0 spiro atoms. The zero-order valence-corrected chi connectivity index (χ0v) is 17.9. The molecule has 0 atom stereocenters. The Kier molecular flexibility index (Phi) is 6.44. The maximum absolute atomic E-state index is 12.7. The van der Waals surface area contributed by atoms with Crippen molar-refractivity contribution >= 4 is 34.4 Å². The van der Waals surface area contributed by atoms with E-state index in [-0.39, 0.29) is 11.9 Å². The summed E-state index contributed by atoms with van der Waals surface area (Å²) in [5, 5.41) is 6.37. The summed E-state index contributed by atoms with van der Waals surface area (Å²) in [6.07, 6.45) is 4.17. The van der Waals surface area contributed by atoms with Crippen LogP contribution in [0.25, 0.3) is 10.9 Å². The number of carbonyl (C=O) groups is 3. The number of nitrogens with zero attached hydrogens (tertiary/aromatic N) is 1. The van der Waals surface area contributed by atoms with Crippen LogP contribution < -0.4 is 10.6 Å². The van der Waals surface area contributed by atoms with Crippen LogP contribution in [0, 0.1) is 6.92 Å². The first kappa shape index (κ1) is 21.5. The van der Waals surface area contributed by atoms with Gasteiger partial charge >= 0.3 is 5.97 Å². The number of rotatable bonds is 6. The van der Waals surface area contributed by atoms with Crippen LogP contribution in [0.15, 0.2) is 54.6 Å². The molecular formula is C25H25N3O4. The van der Waals surface area contributed by atoms with Crippen molar-refractivity contribution in [1.29, 1.82) is 0 Å². The Morgan fingerprint density at radius 3 is 2.53 bits per heavy atom. The highest BCUT2D eigenvalue weighted by atomic mass is 16.5. The van der Waals surface area contributed by atoms with E-state index in [2.05, 4.69) is 15.6 Å². The van der Waals surface area contributed by atoms with Crippen LogP contribution in [0.1, 0.15) is 52.1 Å². The third kappa shape index (κ3) is 4.94. The summed E-state index contributed by atoms with van der Waals surface area (Å²) < 4.78 is 5.25. The lowest BCUT2D eigenvalue weighted by Crippen LogP contribution is -2.33. The molecule has 0 aliphatic heterocycles. The fourth-order valence-corrected chi connectivity index (χ4v) is 4.00. The number of aromatic nitrogens is 1. The van der Waals surface area contributed by atoms with Crippen molar-refractivity contribution in [3.63, 3.8) is 0 Å². The number of ether oxygens (including phenoxy) is 1. The van der Waals surface area contributed by atoms with Gasteiger partial charge in [0.15, 0.2) is 6.61 Å². The Morgan fingerprint density at radius 1 is 1.00 bits per heavy atom. The average Bonchev–Trinajstić information content (AvgIpc) is 3.30. The van der Waals surface area contributed by atoms with Crippen LogP contribution in [-0.4, -0.2) is 35.4 Å². The number of aryl methyl sites for hydroxylation is 1. The van der Waals surface area contributed by atoms with Crippen LogP contribution in [0.4, 0.5) is 5.69 Å². The van der Waals surface area contributed by atoms with Gasteiger partial charge in [0.2, 0.25) is 0 Å². The summed E-state index contributed by atoms with van der Waals surface area (Å²) in [7, 11) is 0. The molecule has 0 saturated heterocycles. The monoisotopic (exact) mass is 431 g/mol. The van der Waals surface area contributed by atoms with E-state index in [1.807, 2.05) is 18.2 Å². The molecule has 0 unspecified atom stereocenters. The van der Waals surface area contributed by atoms with Crippen LogP contribution >= 0.6 is 0 Å². The largest absolute Gasteiger partial charge is 0.452 e. The minimum atomic E-state index is -0.603. The third-order valence-corrected chi connectivity index (χ3v) is 5.53. The van der Waals surface area contributed by atoms with Crippen molar-refractivity contribution in [2.24, 2.45) is 0 Å². The minimum absolute atomic E-state index is 0.172. The van der Waals surface area contributed by atoms with E-state index in [0.29, 0.717) is 33.4 Å². The van der Waals surface area contributed by atoms with Gasteiger partial charge in [-0.15, -0.1) is 0 Å². The molecule has 7 heteroatoms. The standard InChI is InChI=1S/C25H25N3O4/c1-16-14-20(18-10-4-6-12-21(18)26-16)25(31)32-15-23(29)28-22-13-7-5-11-19(22)24(30)27-17-8-2-3-9-17/h4-7,10-14,17H,2-3,8-9,15H2,1H3,(H,27,30)(H,28,29). The van der Waals surface area contributed by atoms with E-state index in [9.17, 15) is 14.4 Å². The van der Waals surface area contributed by atoms with Crippen molar-refractivity contribution in [1.82, 2.24) is 10.3 Å². The predicted molar refractivity (Wildman–Crippen MR) is 122 cm³/mol. The highest BCUT2D eigenvalue weighted by molar-refractivity contribution is 6.06. The van der Waals surface area contributed by atoms with E-state index in [4.69, 9.17) is 4.74 Å². The fraction of sp³-hybridized carbons (Fsp3) is 0.280. The van der Waals surface area contributed by atoms with E-state index in [0.717, 1.165) is 25.7 Å². The summed E-state index contributed by atoms with van der Waals surface area (Å²) in [5.41, 5.74) is 2.50. The zero-order chi connectivity index (χ0) is 22.5.